The second-order valence-corrected chi connectivity index (χ2v) is 5.08. The second-order valence-electron chi connectivity index (χ2n) is 5.08. The molecular weight excluding hydrogens is 204 g/mol. The molecule has 16 heavy (non-hydrogen) atoms. The maximum Gasteiger partial charge on any atom is 0.320 e. The predicted molar refractivity (Wildman–Crippen MR) is 64.3 cm³/mol. The number of nitrogens with two attached hydrogens (primary N) is 1. The van der Waals surface area contributed by atoms with Crippen molar-refractivity contribution in [2.24, 2.45) is 11.7 Å². The monoisotopic (exact) mass is 228 g/mol. The lowest BCUT2D eigenvalue weighted by Gasteiger charge is -2.29. The first-order valence-corrected chi connectivity index (χ1v) is 6.24. The minimum Gasteiger partial charge on any atom is -0.480 e. The molecule has 1 aliphatic carbocycles. The largest absolute Gasteiger partial charge is 0.480 e. The van der Waals surface area contributed by atoms with E-state index in [2.05, 4.69) is 18.7 Å². The Hall–Kier alpha value is -0.610. The van der Waals surface area contributed by atoms with Gasteiger partial charge in [-0.1, -0.05) is 13.8 Å². The lowest BCUT2D eigenvalue weighted by atomic mass is 10.1. The summed E-state index contributed by atoms with van der Waals surface area (Å²) < 4.78 is 0. The number of rotatable bonds is 8. The van der Waals surface area contributed by atoms with Crippen molar-refractivity contribution in [2.45, 2.75) is 51.6 Å². The molecule has 1 atom stereocenters. The summed E-state index contributed by atoms with van der Waals surface area (Å²) in [7, 11) is 0. The SMILES string of the molecule is CC(C)CCN(C1CC1)C(CCN)C(=O)O. The number of carboxylic acid groups (broad SMARTS) is 1. The Morgan fingerprint density at radius 1 is 1.44 bits per heavy atom. The molecule has 0 heterocycles. The van der Waals surface area contributed by atoms with Gasteiger partial charge in [0, 0.05) is 6.04 Å². The fraction of sp³-hybridized carbons (Fsp3) is 0.917. The van der Waals surface area contributed by atoms with E-state index in [0.717, 1.165) is 25.8 Å². The van der Waals surface area contributed by atoms with Crippen molar-refractivity contribution in [2.75, 3.05) is 13.1 Å². The second kappa shape index (κ2) is 6.21. The molecule has 0 spiro atoms. The van der Waals surface area contributed by atoms with E-state index in [1.807, 2.05) is 0 Å². The molecule has 0 aromatic rings. The zero-order chi connectivity index (χ0) is 12.1. The van der Waals surface area contributed by atoms with Gasteiger partial charge in [0.25, 0.3) is 0 Å². The zero-order valence-electron chi connectivity index (χ0n) is 10.4. The molecule has 1 rings (SSSR count). The lowest BCUT2D eigenvalue weighted by molar-refractivity contribution is -0.143. The standard InChI is InChI=1S/C12H24N2O2/c1-9(2)6-8-14(10-3-4-10)11(5-7-13)12(15)16/h9-11H,3-8,13H2,1-2H3,(H,15,16). The van der Waals surface area contributed by atoms with Crippen molar-refractivity contribution in [1.29, 1.82) is 0 Å². The van der Waals surface area contributed by atoms with Crippen molar-refractivity contribution in [3.63, 3.8) is 0 Å². The van der Waals surface area contributed by atoms with Gasteiger partial charge in [0.15, 0.2) is 0 Å². The highest BCUT2D eigenvalue weighted by Crippen LogP contribution is 2.30. The molecule has 4 heteroatoms. The van der Waals surface area contributed by atoms with Crippen LogP contribution in [-0.4, -0.2) is 41.1 Å². The highest BCUT2D eigenvalue weighted by molar-refractivity contribution is 5.73. The van der Waals surface area contributed by atoms with Crippen LogP contribution in [-0.2, 0) is 4.79 Å². The number of aliphatic carboxylic acids is 1. The Balaban J connectivity index is 2.54. The summed E-state index contributed by atoms with van der Waals surface area (Å²) in [5.74, 6) is -0.102. The van der Waals surface area contributed by atoms with Gasteiger partial charge in [0.2, 0.25) is 0 Å². The van der Waals surface area contributed by atoms with Gasteiger partial charge in [-0.15, -0.1) is 0 Å². The Kier molecular flexibility index (Phi) is 5.22. The minimum atomic E-state index is -0.721. The van der Waals surface area contributed by atoms with Crippen molar-refractivity contribution < 1.29 is 9.90 Å². The number of carboxylic acids is 1. The average Bonchev–Trinajstić information content (AvgIpc) is 2.99. The highest BCUT2D eigenvalue weighted by Gasteiger charge is 2.36. The van der Waals surface area contributed by atoms with E-state index in [9.17, 15) is 9.90 Å². The average molecular weight is 228 g/mol. The number of hydrogen-bond acceptors (Lipinski definition) is 3. The van der Waals surface area contributed by atoms with Gasteiger partial charge < -0.3 is 10.8 Å². The first-order valence-electron chi connectivity index (χ1n) is 6.24. The summed E-state index contributed by atoms with van der Waals surface area (Å²) in [6, 6.07) is 0.114. The van der Waals surface area contributed by atoms with Crippen LogP contribution in [0.5, 0.6) is 0 Å². The third kappa shape index (κ3) is 4.10. The Labute approximate surface area is 97.8 Å². The maximum absolute atomic E-state index is 11.2. The minimum absolute atomic E-state index is 0.378. The fourth-order valence-corrected chi connectivity index (χ4v) is 2.00. The topological polar surface area (TPSA) is 66.6 Å². The molecule has 94 valence electrons. The van der Waals surface area contributed by atoms with Crippen LogP contribution in [0.2, 0.25) is 0 Å². The first-order chi connectivity index (χ1) is 7.56. The lowest BCUT2D eigenvalue weighted by Crippen LogP contribution is -2.44. The third-order valence-electron chi connectivity index (χ3n) is 3.11. The van der Waals surface area contributed by atoms with Crippen LogP contribution in [0.4, 0.5) is 0 Å². The summed E-state index contributed by atoms with van der Waals surface area (Å²) in [6.45, 7) is 5.68. The molecule has 0 amide bonds. The van der Waals surface area contributed by atoms with E-state index in [1.54, 1.807) is 0 Å². The Morgan fingerprint density at radius 2 is 2.06 bits per heavy atom. The molecule has 0 bridgehead atoms. The van der Waals surface area contributed by atoms with E-state index in [4.69, 9.17) is 5.73 Å². The van der Waals surface area contributed by atoms with E-state index < -0.39 is 5.97 Å². The molecule has 1 unspecified atom stereocenters. The maximum atomic E-state index is 11.2. The molecule has 3 N–H and O–H groups in total. The molecule has 0 radical (unpaired) electrons. The van der Waals surface area contributed by atoms with Gasteiger partial charge in [-0.3, -0.25) is 9.69 Å². The van der Waals surface area contributed by atoms with E-state index in [0.29, 0.717) is 24.9 Å². The van der Waals surface area contributed by atoms with Gasteiger partial charge in [0.05, 0.1) is 0 Å². The van der Waals surface area contributed by atoms with Crippen LogP contribution in [0.3, 0.4) is 0 Å². The van der Waals surface area contributed by atoms with Crippen molar-refractivity contribution >= 4 is 5.97 Å². The van der Waals surface area contributed by atoms with Crippen LogP contribution in [0, 0.1) is 5.92 Å². The van der Waals surface area contributed by atoms with E-state index in [1.165, 1.54) is 0 Å². The van der Waals surface area contributed by atoms with Gasteiger partial charge >= 0.3 is 5.97 Å². The van der Waals surface area contributed by atoms with Crippen molar-refractivity contribution in [3.8, 4) is 0 Å². The normalized spacial score (nSPS) is 18.1. The van der Waals surface area contributed by atoms with Crippen LogP contribution in [0.15, 0.2) is 0 Å². The fourth-order valence-electron chi connectivity index (χ4n) is 2.00. The molecule has 0 aliphatic heterocycles. The summed E-state index contributed by atoms with van der Waals surface area (Å²) >= 11 is 0. The van der Waals surface area contributed by atoms with Crippen molar-refractivity contribution in [1.82, 2.24) is 4.90 Å². The van der Waals surface area contributed by atoms with Crippen LogP contribution >= 0.6 is 0 Å². The molecule has 1 fully saturated rings. The smallest absolute Gasteiger partial charge is 0.320 e. The van der Waals surface area contributed by atoms with Gasteiger partial charge in [-0.25, -0.2) is 0 Å². The molecular formula is C12H24N2O2. The molecule has 0 aromatic carbocycles. The summed E-state index contributed by atoms with van der Waals surface area (Å²) in [4.78, 5) is 13.4. The van der Waals surface area contributed by atoms with Gasteiger partial charge in [-0.05, 0) is 44.7 Å². The van der Waals surface area contributed by atoms with Crippen LogP contribution < -0.4 is 5.73 Å². The predicted octanol–water partition coefficient (Wildman–Crippen LogP) is 1.30. The van der Waals surface area contributed by atoms with Gasteiger partial charge in [0.1, 0.15) is 6.04 Å². The van der Waals surface area contributed by atoms with Crippen molar-refractivity contribution in [3.05, 3.63) is 0 Å². The molecule has 0 aromatic heterocycles. The Morgan fingerprint density at radius 3 is 2.44 bits per heavy atom. The number of nitrogens with zero attached hydrogens (tertiary/aromatic N) is 1. The molecule has 4 nitrogen and oxygen atoms in total. The molecule has 0 saturated heterocycles. The summed E-state index contributed by atoms with van der Waals surface area (Å²) in [5.41, 5.74) is 5.49. The highest BCUT2D eigenvalue weighted by atomic mass is 16.4. The molecule has 1 aliphatic rings. The quantitative estimate of drug-likeness (QED) is 0.657. The summed E-state index contributed by atoms with van der Waals surface area (Å²) in [5, 5.41) is 9.22. The first kappa shape index (κ1) is 13.5. The summed E-state index contributed by atoms with van der Waals surface area (Å²) in [6.07, 6.45) is 3.91. The Bertz CT molecular complexity index is 227. The van der Waals surface area contributed by atoms with E-state index in [-0.39, 0.29) is 6.04 Å². The third-order valence-corrected chi connectivity index (χ3v) is 3.11. The zero-order valence-corrected chi connectivity index (χ0v) is 10.4. The number of carbonyl (C=O) groups is 1. The molecule has 1 saturated carbocycles. The van der Waals surface area contributed by atoms with E-state index >= 15 is 0 Å². The van der Waals surface area contributed by atoms with Gasteiger partial charge in [-0.2, -0.15) is 0 Å². The van der Waals surface area contributed by atoms with Crippen LogP contribution in [0.25, 0.3) is 0 Å². The van der Waals surface area contributed by atoms with Crippen LogP contribution in [0.1, 0.15) is 39.5 Å². The number of hydrogen-bond donors (Lipinski definition) is 2.